The first-order chi connectivity index (χ1) is 8.22. The molecule has 0 spiro atoms. The van der Waals surface area contributed by atoms with E-state index in [2.05, 4.69) is 9.98 Å². The van der Waals surface area contributed by atoms with E-state index in [1.807, 2.05) is 24.3 Å². The summed E-state index contributed by atoms with van der Waals surface area (Å²) < 4.78 is 0. The molecule has 0 amide bonds. The van der Waals surface area contributed by atoms with Crippen LogP contribution in [0.15, 0.2) is 35.5 Å². The number of para-hydroxylation sites is 1. The molecule has 1 aromatic heterocycles. The largest absolute Gasteiger partial charge is 0.480 e. The highest BCUT2D eigenvalue weighted by Gasteiger charge is 2.18. The Labute approximate surface area is 96.8 Å². The van der Waals surface area contributed by atoms with Gasteiger partial charge in [0, 0.05) is 23.5 Å². The molecule has 1 heterocycles. The van der Waals surface area contributed by atoms with E-state index in [4.69, 9.17) is 5.11 Å². The minimum Gasteiger partial charge on any atom is -0.480 e. The third kappa shape index (κ3) is 2.24. The van der Waals surface area contributed by atoms with Crippen molar-refractivity contribution in [3.8, 4) is 0 Å². The van der Waals surface area contributed by atoms with Crippen LogP contribution in [-0.2, 0) is 16.0 Å². The molecule has 0 aliphatic heterocycles. The van der Waals surface area contributed by atoms with Crippen LogP contribution >= 0.6 is 0 Å². The van der Waals surface area contributed by atoms with Crippen LogP contribution < -0.4 is 0 Å². The molecule has 17 heavy (non-hydrogen) atoms. The van der Waals surface area contributed by atoms with Gasteiger partial charge in [-0.05, 0) is 11.6 Å². The lowest BCUT2D eigenvalue weighted by Crippen LogP contribution is -2.20. The van der Waals surface area contributed by atoms with Gasteiger partial charge in [0.2, 0.25) is 6.08 Å². The summed E-state index contributed by atoms with van der Waals surface area (Å²) in [5.74, 6) is -1.13. The number of carbonyl (C=O) groups is 1. The second kappa shape index (κ2) is 4.63. The van der Waals surface area contributed by atoms with Gasteiger partial charge in [-0.2, -0.15) is 4.99 Å². The summed E-state index contributed by atoms with van der Waals surface area (Å²) in [7, 11) is 0. The molecule has 0 saturated carbocycles. The smallest absolute Gasteiger partial charge is 0.329 e. The van der Waals surface area contributed by atoms with Crippen LogP contribution in [0.5, 0.6) is 0 Å². The van der Waals surface area contributed by atoms with Crippen LogP contribution in [0.25, 0.3) is 10.9 Å². The minimum absolute atomic E-state index is 0.175. The summed E-state index contributed by atoms with van der Waals surface area (Å²) in [4.78, 5) is 27.3. The van der Waals surface area contributed by atoms with Gasteiger partial charge in [-0.3, -0.25) is 0 Å². The first-order valence-electron chi connectivity index (χ1n) is 5.07. The monoisotopic (exact) mass is 230 g/mol. The number of carboxylic acids is 1. The number of aliphatic imine (C=N–C) groups is 1. The van der Waals surface area contributed by atoms with Gasteiger partial charge < -0.3 is 10.1 Å². The number of isocyanates is 1. The first-order valence-corrected chi connectivity index (χ1v) is 5.07. The van der Waals surface area contributed by atoms with Gasteiger partial charge >= 0.3 is 5.97 Å². The predicted octanol–water partition coefficient (Wildman–Crippen LogP) is 1.50. The maximum absolute atomic E-state index is 10.9. The number of aromatic nitrogens is 1. The van der Waals surface area contributed by atoms with E-state index >= 15 is 0 Å². The molecule has 1 atom stereocenters. The lowest BCUT2D eigenvalue weighted by atomic mass is 10.1. The van der Waals surface area contributed by atoms with Crippen LogP contribution in [0, 0.1) is 0 Å². The lowest BCUT2D eigenvalue weighted by molar-refractivity contribution is -0.138. The number of aromatic amines is 1. The van der Waals surface area contributed by atoms with Crippen molar-refractivity contribution in [2.24, 2.45) is 4.99 Å². The molecule has 1 aromatic carbocycles. The van der Waals surface area contributed by atoms with Crippen molar-refractivity contribution in [3.05, 3.63) is 36.0 Å². The lowest BCUT2D eigenvalue weighted by Gasteiger charge is -2.03. The average Bonchev–Trinajstić information content (AvgIpc) is 2.72. The van der Waals surface area contributed by atoms with E-state index < -0.39 is 12.0 Å². The number of hydrogen-bond donors (Lipinski definition) is 2. The van der Waals surface area contributed by atoms with Crippen molar-refractivity contribution in [2.75, 3.05) is 0 Å². The number of fused-ring (bicyclic) bond motifs is 1. The average molecular weight is 230 g/mol. The number of nitrogens with one attached hydrogen (secondary N) is 1. The van der Waals surface area contributed by atoms with Crippen LogP contribution in [0.4, 0.5) is 0 Å². The van der Waals surface area contributed by atoms with Crippen LogP contribution in [0.2, 0.25) is 0 Å². The van der Waals surface area contributed by atoms with E-state index in [9.17, 15) is 9.59 Å². The molecular formula is C12H10N2O3. The Kier molecular flexibility index (Phi) is 3.03. The Morgan fingerprint density at radius 1 is 1.47 bits per heavy atom. The summed E-state index contributed by atoms with van der Waals surface area (Å²) in [6, 6.07) is 6.48. The number of nitrogens with zero attached hydrogens (tertiary/aromatic N) is 1. The van der Waals surface area contributed by atoms with Gasteiger partial charge in [0.1, 0.15) is 0 Å². The summed E-state index contributed by atoms with van der Waals surface area (Å²) in [6.45, 7) is 0. The van der Waals surface area contributed by atoms with E-state index in [0.717, 1.165) is 16.5 Å². The highest BCUT2D eigenvalue weighted by Crippen LogP contribution is 2.19. The number of carboxylic acid groups (broad SMARTS) is 1. The van der Waals surface area contributed by atoms with E-state index in [1.165, 1.54) is 6.08 Å². The summed E-state index contributed by atoms with van der Waals surface area (Å²) in [5, 5.41) is 9.84. The second-order valence-electron chi connectivity index (χ2n) is 3.64. The summed E-state index contributed by atoms with van der Waals surface area (Å²) in [5.41, 5.74) is 1.76. The molecule has 86 valence electrons. The molecule has 0 bridgehead atoms. The number of H-pyrrole nitrogens is 1. The molecule has 5 heteroatoms. The number of rotatable bonds is 4. The second-order valence-corrected chi connectivity index (χ2v) is 3.64. The maximum atomic E-state index is 10.9. The van der Waals surface area contributed by atoms with Gasteiger partial charge in [0.25, 0.3) is 0 Å². The molecule has 2 N–H and O–H groups in total. The number of aliphatic carboxylic acids is 1. The molecule has 5 nitrogen and oxygen atoms in total. The van der Waals surface area contributed by atoms with Crippen molar-refractivity contribution < 1.29 is 14.7 Å². The topological polar surface area (TPSA) is 82.5 Å². The number of carbonyl (C=O) groups excluding carboxylic acids is 1. The van der Waals surface area contributed by atoms with Gasteiger partial charge in [-0.15, -0.1) is 0 Å². The van der Waals surface area contributed by atoms with Gasteiger partial charge in [0.05, 0.1) is 0 Å². The molecular weight excluding hydrogens is 220 g/mol. The molecule has 0 saturated heterocycles. The highest BCUT2D eigenvalue weighted by atomic mass is 16.4. The van der Waals surface area contributed by atoms with E-state index in [1.54, 1.807) is 6.20 Å². The molecule has 0 fully saturated rings. The van der Waals surface area contributed by atoms with E-state index in [-0.39, 0.29) is 6.42 Å². The highest BCUT2D eigenvalue weighted by molar-refractivity contribution is 5.84. The van der Waals surface area contributed by atoms with Crippen molar-refractivity contribution in [1.29, 1.82) is 0 Å². The summed E-state index contributed by atoms with van der Waals surface area (Å²) >= 11 is 0. The fraction of sp³-hybridized carbons (Fsp3) is 0.167. The van der Waals surface area contributed by atoms with Gasteiger partial charge in [0.15, 0.2) is 6.04 Å². The zero-order chi connectivity index (χ0) is 12.3. The third-order valence-electron chi connectivity index (χ3n) is 2.58. The Balaban J connectivity index is 2.34. The number of benzene rings is 1. The fourth-order valence-electron chi connectivity index (χ4n) is 1.76. The van der Waals surface area contributed by atoms with Gasteiger partial charge in [-0.1, -0.05) is 18.2 Å². The Morgan fingerprint density at radius 2 is 2.24 bits per heavy atom. The third-order valence-corrected chi connectivity index (χ3v) is 2.58. The molecule has 2 aromatic rings. The quantitative estimate of drug-likeness (QED) is 0.616. The normalized spacial score (nSPS) is 12.0. The fourth-order valence-corrected chi connectivity index (χ4v) is 1.76. The van der Waals surface area contributed by atoms with Crippen molar-refractivity contribution >= 4 is 23.0 Å². The molecule has 0 unspecified atom stereocenters. The zero-order valence-corrected chi connectivity index (χ0v) is 8.88. The van der Waals surface area contributed by atoms with Crippen molar-refractivity contribution in [2.45, 2.75) is 12.5 Å². The Bertz CT molecular complexity index is 595. The molecule has 0 aliphatic carbocycles. The van der Waals surface area contributed by atoms with Crippen LogP contribution in [-0.4, -0.2) is 28.2 Å². The molecule has 0 aliphatic rings. The van der Waals surface area contributed by atoms with Crippen LogP contribution in [0.1, 0.15) is 5.56 Å². The maximum Gasteiger partial charge on any atom is 0.329 e. The molecule has 0 radical (unpaired) electrons. The van der Waals surface area contributed by atoms with Crippen molar-refractivity contribution in [1.82, 2.24) is 4.98 Å². The first kappa shape index (κ1) is 11.1. The van der Waals surface area contributed by atoms with Crippen LogP contribution in [0.3, 0.4) is 0 Å². The summed E-state index contributed by atoms with van der Waals surface area (Å²) in [6.07, 6.45) is 3.21. The standard InChI is InChI=1S/C12H10N2O3/c15-7-14-11(12(16)17)5-8-6-13-10-4-2-1-3-9(8)10/h1-4,6,11,13H,5H2,(H,16,17)/t11-/m0/s1. The van der Waals surface area contributed by atoms with Crippen molar-refractivity contribution in [3.63, 3.8) is 0 Å². The Hall–Kier alpha value is -2.39. The zero-order valence-electron chi connectivity index (χ0n) is 8.88. The van der Waals surface area contributed by atoms with E-state index in [0.29, 0.717) is 0 Å². The number of hydrogen-bond acceptors (Lipinski definition) is 3. The minimum atomic E-state index is -1.13. The Morgan fingerprint density at radius 3 is 2.94 bits per heavy atom. The predicted molar refractivity (Wildman–Crippen MR) is 61.5 cm³/mol. The van der Waals surface area contributed by atoms with Gasteiger partial charge in [-0.25, -0.2) is 9.59 Å². The molecule has 2 rings (SSSR count). The SMILES string of the molecule is O=C=N[C@@H](Cc1c[nH]c2ccccc12)C(=O)O.